The van der Waals surface area contributed by atoms with E-state index in [0.29, 0.717) is 23.8 Å². The second-order valence-corrected chi connectivity index (χ2v) is 7.26. The van der Waals surface area contributed by atoms with E-state index in [-0.39, 0.29) is 5.63 Å². The zero-order valence-electron chi connectivity index (χ0n) is 17.2. The predicted molar refractivity (Wildman–Crippen MR) is 111 cm³/mol. The van der Waals surface area contributed by atoms with Crippen LogP contribution in [-0.2, 0) is 19.5 Å². The minimum atomic E-state index is -0.316. The molecule has 0 bridgehead atoms. The van der Waals surface area contributed by atoms with Crippen LogP contribution < -0.4 is 19.8 Å². The summed E-state index contributed by atoms with van der Waals surface area (Å²) in [5.74, 6) is 2.25. The number of benzene rings is 2. The Balaban J connectivity index is 1.65. The molecule has 0 amide bonds. The largest absolute Gasteiger partial charge is 0.493 e. The number of nitrogens with zero attached hydrogens (tertiary/aromatic N) is 1. The Bertz CT molecular complexity index is 1120. The highest BCUT2D eigenvalue weighted by molar-refractivity contribution is 5.86. The van der Waals surface area contributed by atoms with Crippen LogP contribution in [0.25, 0.3) is 11.0 Å². The van der Waals surface area contributed by atoms with Crippen molar-refractivity contribution in [3.63, 3.8) is 0 Å². The molecule has 0 N–H and O–H groups in total. The van der Waals surface area contributed by atoms with Gasteiger partial charge in [0.15, 0.2) is 11.5 Å². The van der Waals surface area contributed by atoms with Crippen LogP contribution in [-0.4, -0.2) is 25.9 Å². The van der Waals surface area contributed by atoms with Crippen LogP contribution >= 0.6 is 0 Å². The maximum Gasteiger partial charge on any atom is 0.336 e. The quantitative estimate of drug-likeness (QED) is 0.608. The molecule has 0 aliphatic carbocycles. The first-order valence-electron chi connectivity index (χ1n) is 9.69. The van der Waals surface area contributed by atoms with E-state index in [2.05, 4.69) is 11.0 Å². The Hall–Kier alpha value is -2.99. The number of aryl methyl sites for hydroxylation is 2. The Morgan fingerprint density at radius 2 is 1.90 bits per heavy atom. The summed E-state index contributed by atoms with van der Waals surface area (Å²) in [5.41, 5.74) is 4.41. The summed E-state index contributed by atoms with van der Waals surface area (Å²) >= 11 is 0. The monoisotopic (exact) mass is 395 g/mol. The van der Waals surface area contributed by atoms with Crippen LogP contribution in [0.5, 0.6) is 17.2 Å². The summed E-state index contributed by atoms with van der Waals surface area (Å²) in [6, 6.07) is 9.62. The van der Waals surface area contributed by atoms with Gasteiger partial charge in [0, 0.05) is 35.7 Å². The maximum atomic E-state index is 11.9. The molecule has 0 radical (unpaired) electrons. The van der Waals surface area contributed by atoms with Gasteiger partial charge in [-0.1, -0.05) is 13.0 Å². The Morgan fingerprint density at radius 1 is 1.10 bits per heavy atom. The molecule has 0 saturated carbocycles. The van der Waals surface area contributed by atoms with Gasteiger partial charge in [-0.3, -0.25) is 4.90 Å². The van der Waals surface area contributed by atoms with E-state index >= 15 is 0 Å². The topological polar surface area (TPSA) is 61.1 Å². The molecule has 0 unspecified atom stereocenters. The predicted octanol–water partition coefficient (Wildman–Crippen LogP) is 4.03. The fraction of sp³-hybridized carbons (Fsp3) is 0.348. The molecule has 6 nitrogen and oxygen atoms in total. The summed E-state index contributed by atoms with van der Waals surface area (Å²) < 4.78 is 22.3. The second kappa shape index (κ2) is 7.79. The molecule has 3 aromatic rings. The van der Waals surface area contributed by atoms with Crippen molar-refractivity contribution in [3.05, 3.63) is 63.0 Å². The average molecular weight is 395 g/mol. The number of methoxy groups -OCH3 is 2. The van der Waals surface area contributed by atoms with Gasteiger partial charge < -0.3 is 18.6 Å². The van der Waals surface area contributed by atoms with Crippen LogP contribution in [0.4, 0.5) is 0 Å². The van der Waals surface area contributed by atoms with E-state index in [9.17, 15) is 4.79 Å². The van der Waals surface area contributed by atoms with Gasteiger partial charge in [0.1, 0.15) is 18.1 Å². The van der Waals surface area contributed by atoms with Crippen molar-refractivity contribution in [2.24, 2.45) is 0 Å². The van der Waals surface area contributed by atoms with Gasteiger partial charge in [0.05, 0.1) is 14.2 Å². The fourth-order valence-electron chi connectivity index (χ4n) is 3.96. The highest BCUT2D eigenvalue weighted by Gasteiger charge is 2.23. The summed E-state index contributed by atoms with van der Waals surface area (Å²) in [5, 5.41) is 0.986. The molecule has 1 aliphatic heterocycles. The molecule has 6 heteroatoms. The van der Waals surface area contributed by atoms with Crippen molar-refractivity contribution in [1.29, 1.82) is 0 Å². The van der Waals surface area contributed by atoms with E-state index in [4.69, 9.17) is 18.6 Å². The number of ether oxygens (including phenoxy) is 3. The van der Waals surface area contributed by atoms with Crippen LogP contribution in [0.1, 0.15) is 29.2 Å². The first kappa shape index (κ1) is 19.3. The Morgan fingerprint density at radius 3 is 2.62 bits per heavy atom. The zero-order valence-corrected chi connectivity index (χ0v) is 17.2. The fourth-order valence-corrected chi connectivity index (χ4v) is 3.96. The summed E-state index contributed by atoms with van der Waals surface area (Å²) in [6.07, 6.45) is 0.774. The standard InChI is InChI=1S/C23H25NO5/c1-5-16-10-21(25)29-23-14(2)22-17(9-18(16)23)12-24(13-28-22)11-15-6-7-19(26-3)20(8-15)27-4/h6-10H,5,11-13H2,1-4H3. The van der Waals surface area contributed by atoms with Crippen molar-refractivity contribution in [2.45, 2.75) is 33.4 Å². The van der Waals surface area contributed by atoms with Gasteiger partial charge in [0.2, 0.25) is 0 Å². The number of hydrogen-bond donors (Lipinski definition) is 0. The summed E-state index contributed by atoms with van der Waals surface area (Å²) in [7, 11) is 3.27. The lowest BCUT2D eigenvalue weighted by Crippen LogP contribution is -2.32. The smallest absolute Gasteiger partial charge is 0.336 e. The van der Waals surface area contributed by atoms with Crippen LogP contribution in [0.3, 0.4) is 0 Å². The lowest BCUT2D eigenvalue weighted by Gasteiger charge is -2.30. The molecule has 0 saturated heterocycles. The van der Waals surface area contributed by atoms with E-state index in [0.717, 1.165) is 52.9 Å². The van der Waals surface area contributed by atoms with Crippen molar-refractivity contribution in [3.8, 4) is 17.2 Å². The lowest BCUT2D eigenvalue weighted by atomic mass is 9.99. The Kier molecular flexibility index (Phi) is 5.20. The third kappa shape index (κ3) is 3.56. The molecule has 0 atom stereocenters. The minimum absolute atomic E-state index is 0.316. The molecule has 2 heterocycles. The first-order valence-corrected chi connectivity index (χ1v) is 9.69. The van der Waals surface area contributed by atoms with Crippen LogP contribution in [0.15, 0.2) is 39.5 Å². The minimum Gasteiger partial charge on any atom is -0.493 e. The van der Waals surface area contributed by atoms with Crippen LogP contribution in [0, 0.1) is 6.92 Å². The number of hydrogen-bond acceptors (Lipinski definition) is 6. The molecule has 4 rings (SSSR count). The third-order valence-electron chi connectivity index (χ3n) is 5.40. The summed E-state index contributed by atoms with van der Waals surface area (Å²) in [4.78, 5) is 14.1. The van der Waals surface area contributed by atoms with Gasteiger partial charge in [-0.2, -0.15) is 0 Å². The van der Waals surface area contributed by atoms with E-state index in [1.54, 1.807) is 20.3 Å². The number of fused-ring (bicyclic) bond motifs is 2. The second-order valence-electron chi connectivity index (χ2n) is 7.26. The van der Waals surface area contributed by atoms with Crippen molar-refractivity contribution < 1.29 is 18.6 Å². The molecule has 152 valence electrons. The van der Waals surface area contributed by atoms with E-state index in [1.165, 1.54) is 0 Å². The molecule has 29 heavy (non-hydrogen) atoms. The van der Waals surface area contributed by atoms with Gasteiger partial charge >= 0.3 is 5.63 Å². The average Bonchev–Trinajstić information content (AvgIpc) is 2.73. The van der Waals surface area contributed by atoms with Crippen molar-refractivity contribution in [2.75, 3.05) is 21.0 Å². The normalized spacial score (nSPS) is 13.8. The maximum absolute atomic E-state index is 11.9. The highest BCUT2D eigenvalue weighted by atomic mass is 16.5. The first-order chi connectivity index (χ1) is 14.0. The molecular weight excluding hydrogens is 370 g/mol. The third-order valence-corrected chi connectivity index (χ3v) is 5.40. The molecule has 1 aliphatic rings. The van der Waals surface area contributed by atoms with Gasteiger partial charge in [0.25, 0.3) is 0 Å². The Labute approximate surface area is 169 Å². The van der Waals surface area contributed by atoms with Gasteiger partial charge in [-0.25, -0.2) is 4.79 Å². The molecule has 1 aromatic heterocycles. The van der Waals surface area contributed by atoms with Gasteiger partial charge in [-0.15, -0.1) is 0 Å². The van der Waals surface area contributed by atoms with Crippen molar-refractivity contribution >= 4 is 11.0 Å². The molecule has 2 aromatic carbocycles. The molecule has 0 fully saturated rings. The van der Waals surface area contributed by atoms with Gasteiger partial charge in [-0.05, 0) is 42.7 Å². The SMILES string of the molecule is CCc1cc(=O)oc2c(C)c3c(cc12)CN(Cc1ccc(OC)c(OC)c1)CO3. The zero-order chi connectivity index (χ0) is 20.5. The number of rotatable bonds is 5. The van der Waals surface area contributed by atoms with E-state index in [1.807, 2.05) is 32.0 Å². The molecular formula is C23H25NO5. The lowest BCUT2D eigenvalue weighted by molar-refractivity contribution is 0.0880. The highest BCUT2D eigenvalue weighted by Crippen LogP contribution is 2.36. The summed E-state index contributed by atoms with van der Waals surface area (Å²) in [6.45, 7) is 5.94. The molecule has 0 spiro atoms. The van der Waals surface area contributed by atoms with E-state index < -0.39 is 0 Å². The van der Waals surface area contributed by atoms with Crippen molar-refractivity contribution in [1.82, 2.24) is 4.90 Å². The van der Waals surface area contributed by atoms with Crippen LogP contribution in [0.2, 0.25) is 0 Å².